The summed E-state index contributed by atoms with van der Waals surface area (Å²) >= 11 is 0. The Morgan fingerprint density at radius 3 is 1.74 bits per heavy atom. The summed E-state index contributed by atoms with van der Waals surface area (Å²) in [5, 5.41) is 0. The SMILES string of the molecule is C=CC(=O)OC(C)(CC)O[Si](OOCC)(OOCC)OOCC. The fourth-order valence-corrected chi connectivity index (χ4v) is 2.86. The summed E-state index contributed by atoms with van der Waals surface area (Å²) < 4.78 is 26.1. The van der Waals surface area contributed by atoms with Crippen LogP contribution in [0.5, 0.6) is 0 Å². The minimum atomic E-state index is -4.07. The lowest BCUT2D eigenvalue weighted by Gasteiger charge is -2.34. The van der Waals surface area contributed by atoms with E-state index in [1.54, 1.807) is 27.7 Å². The zero-order valence-corrected chi connectivity index (χ0v) is 15.3. The van der Waals surface area contributed by atoms with E-state index in [9.17, 15) is 4.79 Å². The standard InChI is InChI=1S/C13H26O9Si/c1-7-12(14)18-13(6,8-2)19-23(20-15-9-3,21-16-10-4)22-17-11-5/h7H,1,8-11H2,2-6H3. The molecule has 0 aromatic heterocycles. The van der Waals surface area contributed by atoms with Crippen LogP contribution in [0, 0.1) is 0 Å². The summed E-state index contributed by atoms with van der Waals surface area (Å²) in [6.45, 7) is 12.2. The predicted octanol–water partition coefficient (Wildman–Crippen LogP) is 2.20. The Labute approximate surface area is 137 Å². The molecule has 0 saturated heterocycles. The van der Waals surface area contributed by atoms with Gasteiger partial charge in [0, 0.05) is 19.4 Å². The molecule has 0 aliphatic carbocycles. The molecule has 9 nitrogen and oxygen atoms in total. The van der Waals surface area contributed by atoms with Gasteiger partial charge in [-0.05, 0) is 20.8 Å². The van der Waals surface area contributed by atoms with Crippen molar-refractivity contribution >= 4 is 15.0 Å². The number of esters is 1. The van der Waals surface area contributed by atoms with Crippen LogP contribution in [0.1, 0.15) is 41.0 Å². The Morgan fingerprint density at radius 2 is 1.43 bits per heavy atom. The van der Waals surface area contributed by atoms with Crippen molar-refractivity contribution in [2.45, 2.75) is 46.8 Å². The van der Waals surface area contributed by atoms with Crippen LogP contribution in [0.25, 0.3) is 0 Å². The minimum Gasteiger partial charge on any atom is -0.431 e. The highest BCUT2D eigenvalue weighted by atomic mass is 28.4. The van der Waals surface area contributed by atoms with Gasteiger partial charge in [-0.25, -0.2) is 19.5 Å². The number of ether oxygens (including phenoxy) is 1. The molecule has 0 bridgehead atoms. The van der Waals surface area contributed by atoms with Gasteiger partial charge in [0.1, 0.15) is 0 Å². The highest BCUT2D eigenvalue weighted by Crippen LogP contribution is 2.26. The van der Waals surface area contributed by atoms with Gasteiger partial charge in [-0.15, -0.1) is 0 Å². The Balaban J connectivity index is 5.30. The van der Waals surface area contributed by atoms with Crippen LogP contribution < -0.4 is 0 Å². The average molecular weight is 354 g/mol. The lowest BCUT2D eigenvalue weighted by molar-refractivity contribution is -0.400. The van der Waals surface area contributed by atoms with Gasteiger partial charge in [-0.3, -0.25) is 0 Å². The Bertz CT molecular complexity index is 331. The zero-order chi connectivity index (χ0) is 17.8. The normalized spacial score (nSPS) is 14.3. The minimum absolute atomic E-state index is 0.193. The topological polar surface area (TPSA) is 90.9 Å². The molecular weight excluding hydrogens is 328 g/mol. The smallest absolute Gasteiger partial charge is 0.431 e. The van der Waals surface area contributed by atoms with Gasteiger partial charge in [0.25, 0.3) is 0 Å². The van der Waals surface area contributed by atoms with Gasteiger partial charge in [0.2, 0.25) is 5.79 Å². The summed E-state index contributed by atoms with van der Waals surface area (Å²) in [5.74, 6) is -2.11. The van der Waals surface area contributed by atoms with E-state index in [4.69, 9.17) is 37.6 Å². The molecule has 23 heavy (non-hydrogen) atoms. The molecule has 0 saturated carbocycles. The summed E-state index contributed by atoms with van der Waals surface area (Å²) in [4.78, 5) is 26.1. The van der Waals surface area contributed by atoms with E-state index in [-0.39, 0.29) is 26.2 Å². The molecule has 0 N–H and O–H groups in total. The average Bonchev–Trinajstić information content (AvgIpc) is 2.55. The molecule has 0 aliphatic heterocycles. The third-order valence-corrected chi connectivity index (χ3v) is 3.95. The van der Waals surface area contributed by atoms with E-state index in [0.29, 0.717) is 0 Å². The van der Waals surface area contributed by atoms with Crippen LogP contribution in [0.15, 0.2) is 12.7 Å². The molecular formula is C13H26O9Si. The van der Waals surface area contributed by atoms with E-state index < -0.39 is 20.8 Å². The van der Waals surface area contributed by atoms with Crippen molar-refractivity contribution in [2.24, 2.45) is 0 Å². The zero-order valence-electron chi connectivity index (χ0n) is 14.3. The first kappa shape index (κ1) is 22.1. The molecule has 136 valence electrons. The third-order valence-electron chi connectivity index (χ3n) is 2.30. The van der Waals surface area contributed by atoms with Crippen LogP contribution in [-0.2, 0) is 42.4 Å². The summed E-state index contributed by atoms with van der Waals surface area (Å²) in [7, 11) is -4.07. The van der Waals surface area contributed by atoms with Crippen LogP contribution in [0.2, 0.25) is 0 Å². The number of carbonyl (C=O) groups excluding carboxylic acids is 1. The first-order valence-corrected chi connectivity index (χ1v) is 9.01. The van der Waals surface area contributed by atoms with E-state index in [1.807, 2.05) is 0 Å². The Kier molecular flexibility index (Phi) is 11.2. The van der Waals surface area contributed by atoms with Crippen molar-refractivity contribution in [2.75, 3.05) is 19.8 Å². The monoisotopic (exact) mass is 354 g/mol. The van der Waals surface area contributed by atoms with Crippen LogP contribution in [0.4, 0.5) is 0 Å². The Hall–Kier alpha value is -0.853. The van der Waals surface area contributed by atoms with Crippen molar-refractivity contribution in [1.29, 1.82) is 0 Å². The summed E-state index contributed by atoms with van der Waals surface area (Å²) in [5.41, 5.74) is 0. The molecule has 0 radical (unpaired) electrons. The maximum atomic E-state index is 11.5. The second kappa shape index (κ2) is 11.6. The van der Waals surface area contributed by atoms with E-state index >= 15 is 0 Å². The van der Waals surface area contributed by atoms with Crippen molar-refractivity contribution in [1.82, 2.24) is 0 Å². The first-order valence-electron chi connectivity index (χ1n) is 7.38. The van der Waals surface area contributed by atoms with Crippen molar-refractivity contribution in [3.63, 3.8) is 0 Å². The molecule has 0 aromatic rings. The fourth-order valence-electron chi connectivity index (χ4n) is 1.17. The van der Waals surface area contributed by atoms with Crippen LogP contribution >= 0.6 is 0 Å². The molecule has 0 rings (SSSR count). The quantitative estimate of drug-likeness (QED) is 0.116. The third kappa shape index (κ3) is 8.53. The largest absolute Gasteiger partial charge is 0.767 e. The van der Waals surface area contributed by atoms with E-state index in [0.717, 1.165) is 6.08 Å². The highest BCUT2D eigenvalue weighted by molar-refractivity contribution is 6.52. The van der Waals surface area contributed by atoms with Crippen molar-refractivity contribution in [3.05, 3.63) is 12.7 Å². The van der Waals surface area contributed by atoms with Crippen molar-refractivity contribution in [3.8, 4) is 0 Å². The van der Waals surface area contributed by atoms with Gasteiger partial charge in [-0.1, -0.05) is 13.5 Å². The molecule has 1 atom stereocenters. The van der Waals surface area contributed by atoms with E-state index in [2.05, 4.69) is 6.58 Å². The number of rotatable bonds is 14. The number of hydrogen-bond donors (Lipinski definition) is 0. The van der Waals surface area contributed by atoms with Crippen LogP contribution in [0.3, 0.4) is 0 Å². The van der Waals surface area contributed by atoms with Gasteiger partial charge < -0.3 is 9.16 Å². The Morgan fingerprint density at radius 1 is 1.00 bits per heavy atom. The maximum absolute atomic E-state index is 11.5. The molecule has 0 fully saturated rings. The molecule has 0 spiro atoms. The molecule has 1 unspecified atom stereocenters. The van der Waals surface area contributed by atoms with Gasteiger partial charge >= 0.3 is 15.0 Å². The number of carbonyl (C=O) groups is 1. The highest BCUT2D eigenvalue weighted by Gasteiger charge is 2.57. The molecule has 0 aromatic carbocycles. The van der Waals surface area contributed by atoms with Gasteiger partial charge in [0.15, 0.2) is 0 Å². The summed E-state index contributed by atoms with van der Waals surface area (Å²) in [6, 6.07) is 0. The molecule has 0 amide bonds. The van der Waals surface area contributed by atoms with Crippen LogP contribution in [-0.4, -0.2) is 40.6 Å². The van der Waals surface area contributed by atoms with Crippen molar-refractivity contribution < 1.29 is 42.4 Å². The lowest BCUT2D eigenvalue weighted by Crippen LogP contribution is -2.55. The predicted molar refractivity (Wildman–Crippen MR) is 80.0 cm³/mol. The van der Waals surface area contributed by atoms with Gasteiger partial charge in [-0.2, -0.15) is 13.7 Å². The summed E-state index contributed by atoms with van der Waals surface area (Å²) in [6.07, 6.45) is 1.28. The fraction of sp³-hybridized carbons (Fsp3) is 0.769. The maximum Gasteiger partial charge on any atom is 0.767 e. The lowest BCUT2D eigenvalue weighted by atomic mass is 10.2. The second-order valence-electron chi connectivity index (χ2n) is 4.18. The number of hydrogen-bond acceptors (Lipinski definition) is 9. The van der Waals surface area contributed by atoms with E-state index in [1.165, 1.54) is 6.92 Å². The first-order chi connectivity index (χ1) is 10.9. The van der Waals surface area contributed by atoms with Gasteiger partial charge in [0.05, 0.1) is 19.8 Å². The molecule has 10 heteroatoms. The second-order valence-corrected chi connectivity index (χ2v) is 5.89. The molecule has 0 aliphatic rings. The molecule has 0 heterocycles.